The predicted octanol–water partition coefficient (Wildman–Crippen LogP) is 2.86. The zero-order valence-corrected chi connectivity index (χ0v) is 12.4. The monoisotopic (exact) mass is 296 g/mol. The van der Waals surface area contributed by atoms with Gasteiger partial charge in [-0.05, 0) is 30.7 Å². The molecule has 108 valence electrons. The van der Waals surface area contributed by atoms with E-state index < -0.39 is 0 Å². The minimum atomic E-state index is -0.288. The van der Waals surface area contributed by atoms with Gasteiger partial charge in [0.2, 0.25) is 0 Å². The summed E-state index contributed by atoms with van der Waals surface area (Å²) in [4.78, 5) is 4.20. The first-order chi connectivity index (χ1) is 9.54. The van der Waals surface area contributed by atoms with E-state index in [1.807, 2.05) is 0 Å². The van der Waals surface area contributed by atoms with Gasteiger partial charge in [0.1, 0.15) is 12.1 Å². The van der Waals surface area contributed by atoms with Crippen LogP contribution >= 0.6 is 11.6 Å². The molecule has 0 spiro atoms. The van der Waals surface area contributed by atoms with E-state index in [2.05, 4.69) is 29.2 Å². The highest BCUT2D eigenvalue weighted by atomic mass is 35.5. The largest absolute Gasteiger partial charge is 0.310 e. The van der Waals surface area contributed by atoms with Crippen LogP contribution in [-0.2, 0) is 13.1 Å². The Hall–Kier alpha value is -1.46. The number of nitrogens with one attached hydrogen (secondary N) is 1. The van der Waals surface area contributed by atoms with E-state index >= 15 is 0 Å². The SMILES string of the molecule is CC(C)CNCc1ncn(Cc2cc(Cl)ccc2F)n1. The maximum absolute atomic E-state index is 13.6. The van der Waals surface area contributed by atoms with E-state index in [0.717, 1.165) is 6.54 Å². The molecule has 0 bridgehead atoms. The Bertz CT molecular complexity index is 568. The van der Waals surface area contributed by atoms with Crippen molar-refractivity contribution in [1.82, 2.24) is 20.1 Å². The number of benzene rings is 1. The van der Waals surface area contributed by atoms with Crippen molar-refractivity contribution in [3.63, 3.8) is 0 Å². The molecule has 0 saturated carbocycles. The molecule has 0 aliphatic carbocycles. The maximum Gasteiger partial charge on any atom is 0.164 e. The van der Waals surface area contributed by atoms with Gasteiger partial charge in [0.05, 0.1) is 13.1 Å². The minimum Gasteiger partial charge on any atom is -0.310 e. The van der Waals surface area contributed by atoms with Crippen LogP contribution in [0.5, 0.6) is 0 Å². The topological polar surface area (TPSA) is 42.7 Å². The molecular weight excluding hydrogens is 279 g/mol. The Morgan fingerprint density at radius 3 is 2.95 bits per heavy atom. The molecule has 20 heavy (non-hydrogen) atoms. The van der Waals surface area contributed by atoms with Crippen molar-refractivity contribution in [2.24, 2.45) is 5.92 Å². The maximum atomic E-state index is 13.6. The van der Waals surface area contributed by atoms with Crippen LogP contribution in [0.2, 0.25) is 5.02 Å². The second kappa shape index (κ2) is 6.81. The highest BCUT2D eigenvalue weighted by molar-refractivity contribution is 6.30. The van der Waals surface area contributed by atoms with Gasteiger partial charge < -0.3 is 5.32 Å². The Balaban J connectivity index is 1.97. The van der Waals surface area contributed by atoms with Gasteiger partial charge in [0.25, 0.3) is 0 Å². The summed E-state index contributed by atoms with van der Waals surface area (Å²) < 4.78 is 15.2. The van der Waals surface area contributed by atoms with Gasteiger partial charge in [-0.25, -0.2) is 14.1 Å². The molecule has 0 fully saturated rings. The lowest BCUT2D eigenvalue weighted by Crippen LogP contribution is -2.19. The highest BCUT2D eigenvalue weighted by Gasteiger charge is 2.06. The molecule has 0 unspecified atom stereocenters. The first-order valence-electron chi connectivity index (χ1n) is 6.57. The Morgan fingerprint density at radius 1 is 1.40 bits per heavy atom. The number of hydrogen-bond acceptors (Lipinski definition) is 3. The summed E-state index contributed by atoms with van der Waals surface area (Å²) in [5.41, 5.74) is 0.504. The van der Waals surface area contributed by atoms with Crippen molar-refractivity contribution < 1.29 is 4.39 Å². The van der Waals surface area contributed by atoms with E-state index in [-0.39, 0.29) is 5.82 Å². The second-order valence-corrected chi connectivity index (χ2v) is 5.56. The fraction of sp³-hybridized carbons (Fsp3) is 0.429. The van der Waals surface area contributed by atoms with Gasteiger partial charge in [-0.15, -0.1) is 0 Å². The molecule has 1 aromatic heterocycles. The molecule has 4 nitrogen and oxygen atoms in total. The fourth-order valence-corrected chi connectivity index (χ4v) is 2.00. The summed E-state index contributed by atoms with van der Waals surface area (Å²) in [6.07, 6.45) is 1.60. The average molecular weight is 297 g/mol. The zero-order valence-electron chi connectivity index (χ0n) is 11.6. The van der Waals surface area contributed by atoms with Crippen LogP contribution in [0.25, 0.3) is 0 Å². The van der Waals surface area contributed by atoms with Gasteiger partial charge >= 0.3 is 0 Å². The number of aromatic nitrogens is 3. The number of rotatable bonds is 6. The fourth-order valence-electron chi connectivity index (χ4n) is 1.80. The van der Waals surface area contributed by atoms with Crippen molar-refractivity contribution in [3.8, 4) is 0 Å². The summed E-state index contributed by atoms with van der Waals surface area (Å²) >= 11 is 5.86. The Kier molecular flexibility index (Phi) is 5.09. The smallest absolute Gasteiger partial charge is 0.164 e. The van der Waals surface area contributed by atoms with E-state index in [0.29, 0.717) is 35.4 Å². The van der Waals surface area contributed by atoms with E-state index in [1.165, 1.54) is 12.1 Å². The van der Waals surface area contributed by atoms with Crippen LogP contribution in [0, 0.1) is 11.7 Å². The number of nitrogens with zero attached hydrogens (tertiary/aromatic N) is 3. The first-order valence-corrected chi connectivity index (χ1v) is 6.95. The summed E-state index contributed by atoms with van der Waals surface area (Å²) in [6, 6.07) is 4.50. The molecule has 1 N–H and O–H groups in total. The molecule has 0 radical (unpaired) electrons. The lowest BCUT2D eigenvalue weighted by atomic mass is 10.2. The van der Waals surface area contributed by atoms with Crippen molar-refractivity contribution in [1.29, 1.82) is 0 Å². The number of hydrogen-bond donors (Lipinski definition) is 1. The van der Waals surface area contributed by atoms with Crippen LogP contribution in [0.3, 0.4) is 0 Å². The van der Waals surface area contributed by atoms with Gasteiger partial charge in [-0.1, -0.05) is 25.4 Å². The second-order valence-electron chi connectivity index (χ2n) is 5.12. The average Bonchev–Trinajstić information content (AvgIpc) is 2.81. The van der Waals surface area contributed by atoms with Crippen LogP contribution in [0.1, 0.15) is 25.2 Å². The number of halogens is 2. The molecule has 0 aliphatic rings. The summed E-state index contributed by atoms with van der Waals surface area (Å²) in [5.74, 6) is 0.995. The van der Waals surface area contributed by atoms with E-state index in [4.69, 9.17) is 11.6 Å². The van der Waals surface area contributed by atoms with Gasteiger partial charge in [0, 0.05) is 10.6 Å². The molecule has 2 rings (SSSR count). The molecule has 1 aromatic carbocycles. The Labute approximate surface area is 123 Å². The standard InChI is InChI=1S/C14H18ClFN4/c1-10(2)6-17-7-14-18-9-20(19-14)8-11-5-12(15)3-4-13(11)16/h3-5,9-10,17H,6-8H2,1-2H3. The molecule has 1 heterocycles. The summed E-state index contributed by atoms with van der Waals surface area (Å²) in [5, 5.41) is 8.09. The summed E-state index contributed by atoms with van der Waals surface area (Å²) in [7, 11) is 0. The normalized spacial score (nSPS) is 11.2. The Morgan fingerprint density at radius 2 is 2.20 bits per heavy atom. The predicted molar refractivity (Wildman–Crippen MR) is 77.1 cm³/mol. The van der Waals surface area contributed by atoms with Gasteiger partial charge in [-0.2, -0.15) is 5.10 Å². The molecule has 2 aromatic rings. The minimum absolute atomic E-state index is 0.288. The van der Waals surface area contributed by atoms with E-state index in [1.54, 1.807) is 17.1 Å². The molecule has 0 atom stereocenters. The molecular formula is C14H18ClFN4. The third-order valence-corrected chi connectivity index (χ3v) is 2.99. The molecule has 0 saturated heterocycles. The van der Waals surface area contributed by atoms with Crippen molar-refractivity contribution in [3.05, 3.63) is 46.8 Å². The lowest BCUT2D eigenvalue weighted by Gasteiger charge is -2.05. The van der Waals surface area contributed by atoms with Crippen molar-refractivity contribution >= 4 is 11.6 Å². The van der Waals surface area contributed by atoms with Crippen LogP contribution in [0.4, 0.5) is 4.39 Å². The lowest BCUT2D eigenvalue weighted by molar-refractivity contribution is 0.537. The third kappa shape index (κ3) is 4.28. The van der Waals surface area contributed by atoms with Crippen molar-refractivity contribution in [2.75, 3.05) is 6.54 Å². The molecule has 0 aliphatic heterocycles. The zero-order chi connectivity index (χ0) is 14.5. The van der Waals surface area contributed by atoms with Crippen LogP contribution in [0.15, 0.2) is 24.5 Å². The summed E-state index contributed by atoms with van der Waals surface area (Å²) in [6.45, 7) is 6.13. The third-order valence-electron chi connectivity index (χ3n) is 2.76. The van der Waals surface area contributed by atoms with E-state index in [9.17, 15) is 4.39 Å². The van der Waals surface area contributed by atoms with Gasteiger partial charge in [-0.3, -0.25) is 0 Å². The molecule has 6 heteroatoms. The first kappa shape index (κ1) is 14.9. The van der Waals surface area contributed by atoms with Crippen LogP contribution < -0.4 is 5.32 Å². The van der Waals surface area contributed by atoms with Gasteiger partial charge in [0.15, 0.2) is 5.82 Å². The molecule has 0 amide bonds. The van der Waals surface area contributed by atoms with Crippen molar-refractivity contribution in [2.45, 2.75) is 26.9 Å². The van der Waals surface area contributed by atoms with Crippen LogP contribution in [-0.4, -0.2) is 21.3 Å². The highest BCUT2D eigenvalue weighted by Crippen LogP contribution is 2.15. The quantitative estimate of drug-likeness (QED) is 0.891.